The number of thioether (sulfide) groups is 4. The average molecular weight is 325 g/mol. The van der Waals surface area contributed by atoms with Crippen LogP contribution in [0.2, 0.25) is 0 Å². The van der Waals surface area contributed by atoms with Crippen LogP contribution in [-0.2, 0) is 0 Å². The summed E-state index contributed by atoms with van der Waals surface area (Å²) in [6.45, 7) is 0.668. The first-order valence-electron chi connectivity index (χ1n) is 6.54. The van der Waals surface area contributed by atoms with Gasteiger partial charge in [-0.05, 0) is 25.7 Å². The fourth-order valence-corrected chi connectivity index (χ4v) is 10.1. The Morgan fingerprint density at radius 2 is 1.17 bits per heavy atom. The van der Waals surface area contributed by atoms with Gasteiger partial charge in [0.1, 0.15) is 0 Å². The molecule has 2 aliphatic heterocycles. The first-order chi connectivity index (χ1) is 8.69. The molecular formula is C12H20O2S4. The molecule has 2 atom stereocenters. The van der Waals surface area contributed by atoms with E-state index in [2.05, 4.69) is 23.5 Å². The topological polar surface area (TPSA) is 40.5 Å². The molecule has 3 rings (SSSR count). The van der Waals surface area contributed by atoms with E-state index in [-0.39, 0.29) is 0 Å². The standard InChI is InChI=1S/C12H20O2S4/c13-5-9-7-15-11(17-9)1-2-12(4-3-11)16-8-10(6-14)18-12/h9-10,13-14H,1-8H2. The molecular weight excluding hydrogens is 304 g/mol. The van der Waals surface area contributed by atoms with Crippen LogP contribution in [-0.4, -0.2) is 53.6 Å². The normalized spacial score (nSPS) is 48.3. The van der Waals surface area contributed by atoms with Gasteiger partial charge in [0, 0.05) is 22.0 Å². The smallest absolute Gasteiger partial charge is 0.0617 e. The van der Waals surface area contributed by atoms with Crippen molar-refractivity contribution in [3.8, 4) is 0 Å². The average Bonchev–Trinajstić information content (AvgIpc) is 2.99. The predicted molar refractivity (Wildman–Crippen MR) is 85.8 cm³/mol. The van der Waals surface area contributed by atoms with Gasteiger partial charge in [0.2, 0.25) is 0 Å². The Morgan fingerprint density at radius 1 is 0.778 bits per heavy atom. The molecule has 3 fully saturated rings. The molecule has 104 valence electrons. The molecule has 0 aromatic rings. The molecule has 2 N–H and O–H groups in total. The van der Waals surface area contributed by atoms with Crippen molar-refractivity contribution < 1.29 is 10.2 Å². The summed E-state index contributed by atoms with van der Waals surface area (Å²) in [6.07, 6.45) is 5.10. The zero-order chi connectivity index (χ0) is 12.6. The molecule has 0 aromatic carbocycles. The maximum absolute atomic E-state index is 9.28. The molecule has 6 heteroatoms. The minimum atomic E-state index is 0.334. The monoisotopic (exact) mass is 324 g/mol. The molecule has 1 aliphatic carbocycles. The molecule has 2 saturated heterocycles. The maximum Gasteiger partial charge on any atom is 0.0617 e. The summed E-state index contributed by atoms with van der Waals surface area (Å²) < 4.78 is 0.800. The first-order valence-corrected chi connectivity index (χ1v) is 10.3. The number of rotatable bonds is 2. The van der Waals surface area contributed by atoms with E-state index in [1.165, 1.54) is 25.7 Å². The summed E-state index contributed by atoms with van der Waals surface area (Å²) in [5.41, 5.74) is 0. The zero-order valence-electron chi connectivity index (χ0n) is 10.3. The van der Waals surface area contributed by atoms with E-state index in [0.717, 1.165) is 11.5 Å². The number of hydrogen-bond donors (Lipinski definition) is 2. The van der Waals surface area contributed by atoms with Gasteiger partial charge in [-0.3, -0.25) is 0 Å². The quantitative estimate of drug-likeness (QED) is 0.814. The van der Waals surface area contributed by atoms with Crippen molar-refractivity contribution in [2.75, 3.05) is 24.7 Å². The Kier molecular flexibility index (Phi) is 4.44. The summed E-state index contributed by atoms with van der Waals surface area (Å²) in [5.74, 6) is 2.24. The molecule has 2 nitrogen and oxygen atoms in total. The highest BCUT2D eigenvalue weighted by molar-refractivity contribution is 8.22. The Morgan fingerprint density at radius 3 is 1.44 bits per heavy atom. The van der Waals surface area contributed by atoms with Crippen LogP contribution in [0.3, 0.4) is 0 Å². The van der Waals surface area contributed by atoms with Gasteiger partial charge >= 0.3 is 0 Å². The lowest BCUT2D eigenvalue weighted by Crippen LogP contribution is -2.33. The van der Waals surface area contributed by atoms with Crippen LogP contribution in [0.15, 0.2) is 0 Å². The number of hydrogen-bond acceptors (Lipinski definition) is 6. The lowest BCUT2D eigenvalue weighted by Gasteiger charge is -2.41. The first kappa shape index (κ1) is 14.3. The van der Waals surface area contributed by atoms with Crippen LogP contribution < -0.4 is 0 Å². The number of aliphatic hydroxyl groups is 2. The molecule has 0 radical (unpaired) electrons. The second-order valence-electron chi connectivity index (χ2n) is 5.29. The highest BCUT2D eigenvalue weighted by atomic mass is 32.2. The summed E-state index contributed by atoms with van der Waals surface area (Å²) in [6, 6.07) is 0. The van der Waals surface area contributed by atoms with Crippen LogP contribution in [0, 0.1) is 0 Å². The summed E-state index contributed by atoms with van der Waals surface area (Å²) >= 11 is 8.22. The van der Waals surface area contributed by atoms with Crippen molar-refractivity contribution in [3.05, 3.63) is 0 Å². The predicted octanol–water partition coefficient (Wildman–Crippen LogP) is 2.63. The second kappa shape index (κ2) is 5.60. The van der Waals surface area contributed by atoms with Crippen LogP contribution in [0.1, 0.15) is 25.7 Å². The number of aliphatic hydroxyl groups excluding tert-OH is 2. The Hall–Kier alpha value is 1.32. The largest absolute Gasteiger partial charge is 0.395 e. The van der Waals surface area contributed by atoms with Crippen molar-refractivity contribution in [2.45, 2.75) is 44.3 Å². The van der Waals surface area contributed by atoms with E-state index in [9.17, 15) is 10.2 Å². The fourth-order valence-electron chi connectivity index (χ4n) is 2.95. The minimum absolute atomic E-state index is 0.334. The Labute approximate surface area is 126 Å². The zero-order valence-corrected chi connectivity index (χ0v) is 13.6. The lowest BCUT2D eigenvalue weighted by molar-refractivity contribution is 0.301. The Balaban J connectivity index is 1.58. The van der Waals surface area contributed by atoms with E-state index in [0.29, 0.717) is 31.9 Å². The summed E-state index contributed by atoms with van der Waals surface area (Å²) in [4.78, 5) is 0. The molecule has 2 spiro atoms. The van der Waals surface area contributed by atoms with Gasteiger partial charge in [0.15, 0.2) is 0 Å². The molecule has 1 saturated carbocycles. The van der Waals surface area contributed by atoms with E-state index in [1.807, 2.05) is 23.5 Å². The highest BCUT2D eigenvalue weighted by Gasteiger charge is 2.50. The van der Waals surface area contributed by atoms with Gasteiger partial charge in [-0.25, -0.2) is 0 Å². The SMILES string of the molecule is OCC1CSC2(CCC3(CC2)SCC(CO)S3)S1. The highest BCUT2D eigenvalue weighted by Crippen LogP contribution is 2.63. The van der Waals surface area contributed by atoms with Gasteiger partial charge in [-0.15, -0.1) is 47.0 Å². The third-order valence-corrected chi connectivity index (χ3v) is 11.7. The van der Waals surface area contributed by atoms with Crippen molar-refractivity contribution in [3.63, 3.8) is 0 Å². The van der Waals surface area contributed by atoms with Crippen LogP contribution in [0.4, 0.5) is 0 Å². The van der Waals surface area contributed by atoms with Gasteiger partial charge in [-0.2, -0.15) is 0 Å². The van der Waals surface area contributed by atoms with E-state index in [4.69, 9.17) is 0 Å². The maximum atomic E-state index is 9.28. The molecule has 2 unspecified atom stereocenters. The minimum Gasteiger partial charge on any atom is -0.395 e. The third-order valence-electron chi connectivity index (χ3n) is 4.01. The van der Waals surface area contributed by atoms with Crippen LogP contribution >= 0.6 is 47.0 Å². The molecule has 2 heterocycles. The van der Waals surface area contributed by atoms with Crippen molar-refractivity contribution in [1.29, 1.82) is 0 Å². The third kappa shape index (κ3) is 2.70. The van der Waals surface area contributed by atoms with Crippen LogP contribution in [0.5, 0.6) is 0 Å². The second-order valence-corrected chi connectivity index (χ2v) is 12.0. The Bertz CT molecular complexity index is 274. The van der Waals surface area contributed by atoms with Crippen LogP contribution in [0.25, 0.3) is 0 Å². The van der Waals surface area contributed by atoms with Gasteiger partial charge in [-0.1, -0.05) is 0 Å². The van der Waals surface area contributed by atoms with Crippen molar-refractivity contribution in [1.82, 2.24) is 0 Å². The van der Waals surface area contributed by atoms with Crippen molar-refractivity contribution >= 4 is 47.0 Å². The van der Waals surface area contributed by atoms with E-state index in [1.54, 1.807) is 0 Å². The van der Waals surface area contributed by atoms with Gasteiger partial charge in [0.25, 0.3) is 0 Å². The fraction of sp³-hybridized carbons (Fsp3) is 1.00. The molecule has 0 amide bonds. The van der Waals surface area contributed by atoms with E-state index >= 15 is 0 Å². The van der Waals surface area contributed by atoms with Gasteiger partial charge in [0.05, 0.1) is 21.4 Å². The molecule has 18 heavy (non-hydrogen) atoms. The van der Waals surface area contributed by atoms with Gasteiger partial charge < -0.3 is 10.2 Å². The van der Waals surface area contributed by atoms with Crippen molar-refractivity contribution in [2.24, 2.45) is 0 Å². The summed E-state index contributed by atoms with van der Waals surface area (Å²) in [7, 11) is 0. The molecule has 3 aliphatic rings. The summed E-state index contributed by atoms with van der Waals surface area (Å²) in [5, 5.41) is 19.5. The van der Waals surface area contributed by atoms with E-state index < -0.39 is 0 Å². The molecule has 0 aromatic heterocycles. The molecule has 0 bridgehead atoms. The lowest BCUT2D eigenvalue weighted by atomic mass is 9.98.